The van der Waals surface area contributed by atoms with Crippen LogP contribution in [0, 0.1) is 11.3 Å². The summed E-state index contributed by atoms with van der Waals surface area (Å²) in [5, 5.41) is 14.8. The number of amides is 1. The van der Waals surface area contributed by atoms with Crippen LogP contribution >= 0.6 is 0 Å². The van der Waals surface area contributed by atoms with Crippen LogP contribution < -0.4 is 10.6 Å². The fourth-order valence-corrected chi connectivity index (χ4v) is 2.62. The van der Waals surface area contributed by atoms with Gasteiger partial charge in [-0.25, -0.2) is 4.79 Å². The minimum Gasteiger partial charge on any atom is -0.465 e. The second-order valence-electron chi connectivity index (χ2n) is 5.92. The van der Waals surface area contributed by atoms with Crippen LogP contribution in [0.1, 0.15) is 16.8 Å². The first-order valence-corrected chi connectivity index (χ1v) is 8.78. The molecule has 1 aliphatic rings. The van der Waals surface area contributed by atoms with Crippen LogP contribution in [0.3, 0.4) is 0 Å². The molecule has 0 radical (unpaired) electrons. The molecular formula is C19H24N4O4. The van der Waals surface area contributed by atoms with Gasteiger partial charge in [0.2, 0.25) is 0 Å². The molecule has 2 N–H and O–H groups in total. The van der Waals surface area contributed by atoms with E-state index in [0.29, 0.717) is 12.2 Å². The number of carbonyl (C=O) groups excluding carboxylic acids is 2. The third kappa shape index (κ3) is 6.40. The van der Waals surface area contributed by atoms with Gasteiger partial charge in [0.25, 0.3) is 5.91 Å². The molecule has 0 aromatic heterocycles. The summed E-state index contributed by atoms with van der Waals surface area (Å²) in [5.74, 6) is -1.15. The molecule has 0 aliphatic carbocycles. The van der Waals surface area contributed by atoms with Gasteiger partial charge < -0.3 is 20.1 Å². The third-order valence-corrected chi connectivity index (χ3v) is 4.09. The maximum Gasteiger partial charge on any atom is 0.339 e. The second-order valence-corrected chi connectivity index (χ2v) is 5.92. The number of nitrogens with one attached hydrogen (secondary N) is 2. The van der Waals surface area contributed by atoms with Crippen molar-refractivity contribution in [1.82, 2.24) is 10.2 Å². The molecule has 0 bridgehead atoms. The normalized spacial score (nSPS) is 14.9. The van der Waals surface area contributed by atoms with Crippen molar-refractivity contribution in [3.8, 4) is 6.07 Å². The van der Waals surface area contributed by atoms with Crippen LogP contribution in [0.5, 0.6) is 0 Å². The molecule has 1 heterocycles. The van der Waals surface area contributed by atoms with Crippen molar-refractivity contribution in [2.75, 3.05) is 51.8 Å². The van der Waals surface area contributed by atoms with Crippen LogP contribution in [0.2, 0.25) is 0 Å². The van der Waals surface area contributed by atoms with Gasteiger partial charge in [-0.1, -0.05) is 12.1 Å². The highest BCUT2D eigenvalue weighted by atomic mass is 16.5. The SMILES string of the molecule is COC(=O)c1ccccc1NC(=O)/C(C#N)=C\NCCCN1CCOCC1. The molecule has 1 aromatic carbocycles. The number of carbonyl (C=O) groups is 2. The molecule has 0 saturated carbocycles. The Kier molecular flexibility index (Phi) is 8.29. The predicted molar refractivity (Wildman–Crippen MR) is 100.0 cm³/mol. The number of hydrogen-bond donors (Lipinski definition) is 2. The van der Waals surface area contributed by atoms with Crippen LogP contribution in [0.15, 0.2) is 36.0 Å². The number of methoxy groups -OCH3 is 1. The minimum absolute atomic E-state index is 0.0685. The van der Waals surface area contributed by atoms with Gasteiger partial charge in [0.05, 0.1) is 31.6 Å². The van der Waals surface area contributed by atoms with Gasteiger partial charge in [0.15, 0.2) is 0 Å². The van der Waals surface area contributed by atoms with Gasteiger partial charge in [0.1, 0.15) is 11.6 Å². The van der Waals surface area contributed by atoms with Crippen molar-refractivity contribution in [2.45, 2.75) is 6.42 Å². The minimum atomic E-state index is -0.588. The summed E-state index contributed by atoms with van der Waals surface area (Å²) < 4.78 is 10.00. The summed E-state index contributed by atoms with van der Waals surface area (Å²) in [6, 6.07) is 8.34. The van der Waals surface area contributed by atoms with Crippen LogP contribution in [-0.4, -0.2) is 63.3 Å². The largest absolute Gasteiger partial charge is 0.465 e. The van der Waals surface area contributed by atoms with Gasteiger partial charge in [-0.15, -0.1) is 0 Å². The summed E-state index contributed by atoms with van der Waals surface area (Å²) in [6.07, 6.45) is 2.29. The molecule has 0 atom stereocenters. The first-order chi connectivity index (χ1) is 13.2. The monoisotopic (exact) mass is 372 g/mol. The van der Waals surface area contributed by atoms with E-state index in [2.05, 4.69) is 15.5 Å². The average Bonchev–Trinajstić information content (AvgIpc) is 2.71. The number of rotatable bonds is 8. The smallest absolute Gasteiger partial charge is 0.339 e. The van der Waals surface area contributed by atoms with Crippen molar-refractivity contribution in [3.05, 3.63) is 41.6 Å². The molecule has 1 saturated heterocycles. The molecule has 27 heavy (non-hydrogen) atoms. The van der Waals surface area contributed by atoms with Crippen molar-refractivity contribution in [1.29, 1.82) is 5.26 Å². The number of para-hydroxylation sites is 1. The summed E-state index contributed by atoms with van der Waals surface area (Å²) in [4.78, 5) is 26.4. The number of hydrogen-bond acceptors (Lipinski definition) is 7. The third-order valence-electron chi connectivity index (χ3n) is 4.09. The number of ether oxygens (including phenoxy) is 2. The number of benzene rings is 1. The first-order valence-electron chi connectivity index (χ1n) is 8.78. The van der Waals surface area contributed by atoms with Crippen molar-refractivity contribution in [3.63, 3.8) is 0 Å². The molecule has 0 spiro atoms. The molecule has 1 aromatic rings. The Hall–Kier alpha value is -2.89. The highest BCUT2D eigenvalue weighted by Gasteiger charge is 2.15. The maximum absolute atomic E-state index is 12.3. The van der Waals surface area contributed by atoms with E-state index in [1.54, 1.807) is 24.3 Å². The molecule has 2 rings (SSSR count). The summed E-state index contributed by atoms with van der Waals surface area (Å²) in [6.45, 7) is 4.97. The van der Waals surface area contributed by atoms with E-state index in [1.165, 1.54) is 13.3 Å². The van der Waals surface area contributed by atoms with Gasteiger partial charge in [-0.05, 0) is 25.1 Å². The van der Waals surface area contributed by atoms with Crippen molar-refractivity contribution in [2.24, 2.45) is 0 Å². The Morgan fingerprint density at radius 1 is 1.33 bits per heavy atom. The van der Waals surface area contributed by atoms with Crippen LogP contribution in [0.25, 0.3) is 0 Å². The van der Waals surface area contributed by atoms with Gasteiger partial charge >= 0.3 is 5.97 Å². The zero-order valence-electron chi connectivity index (χ0n) is 15.4. The van der Waals surface area contributed by atoms with Crippen LogP contribution in [-0.2, 0) is 14.3 Å². The number of anilines is 1. The lowest BCUT2D eigenvalue weighted by Gasteiger charge is -2.26. The Morgan fingerprint density at radius 3 is 2.78 bits per heavy atom. The Morgan fingerprint density at radius 2 is 2.07 bits per heavy atom. The lowest BCUT2D eigenvalue weighted by atomic mass is 10.1. The van der Waals surface area contributed by atoms with Gasteiger partial charge in [0, 0.05) is 25.8 Å². The predicted octanol–water partition coefficient (Wildman–Crippen LogP) is 1.13. The topological polar surface area (TPSA) is 104 Å². The lowest BCUT2D eigenvalue weighted by molar-refractivity contribution is -0.112. The Labute approximate surface area is 158 Å². The van der Waals surface area contributed by atoms with E-state index in [9.17, 15) is 14.9 Å². The standard InChI is InChI=1S/C19H24N4O4/c1-26-19(25)16-5-2-3-6-17(16)22-18(24)15(13-20)14-21-7-4-8-23-9-11-27-12-10-23/h2-3,5-6,14,21H,4,7-12H2,1H3,(H,22,24)/b15-14-. The molecule has 144 valence electrons. The zero-order valence-corrected chi connectivity index (χ0v) is 15.4. The van der Waals surface area contributed by atoms with Gasteiger partial charge in [-0.3, -0.25) is 9.69 Å². The number of esters is 1. The highest BCUT2D eigenvalue weighted by molar-refractivity contribution is 6.09. The lowest BCUT2D eigenvalue weighted by Crippen LogP contribution is -2.37. The molecule has 1 amide bonds. The summed E-state index contributed by atoms with van der Waals surface area (Å²) in [5.41, 5.74) is 0.452. The highest BCUT2D eigenvalue weighted by Crippen LogP contribution is 2.16. The number of nitrogens with zero attached hydrogens (tertiary/aromatic N) is 2. The van der Waals surface area contributed by atoms with E-state index < -0.39 is 11.9 Å². The quantitative estimate of drug-likeness (QED) is 0.305. The fourth-order valence-electron chi connectivity index (χ4n) is 2.62. The molecule has 1 aliphatic heterocycles. The molecular weight excluding hydrogens is 348 g/mol. The van der Waals surface area contributed by atoms with E-state index >= 15 is 0 Å². The summed E-state index contributed by atoms with van der Waals surface area (Å²) >= 11 is 0. The van der Waals surface area contributed by atoms with Crippen molar-refractivity contribution >= 4 is 17.6 Å². The van der Waals surface area contributed by atoms with E-state index in [4.69, 9.17) is 9.47 Å². The van der Waals surface area contributed by atoms with Crippen molar-refractivity contribution < 1.29 is 19.1 Å². The van der Waals surface area contributed by atoms with E-state index in [-0.39, 0.29) is 11.1 Å². The maximum atomic E-state index is 12.3. The van der Waals surface area contributed by atoms with Gasteiger partial charge in [-0.2, -0.15) is 5.26 Å². The second kappa shape index (κ2) is 11.0. The Bertz CT molecular complexity index is 721. The molecule has 1 fully saturated rings. The molecule has 8 heteroatoms. The number of morpholine rings is 1. The fraction of sp³-hybridized carbons (Fsp3) is 0.421. The van der Waals surface area contributed by atoms with E-state index in [0.717, 1.165) is 39.3 Å². The molecule has 0 unspecified atom stereocenters. The molecule has 8 nitrogen and oxygen atoms in total. The van der Waals surface area contributed by atoms with E-state index in [1.807, 2.05) is 6.07 Å². The first kappa shape index (κ1) is 20.4. The average molecular weight is 372 g/mol. The zero-order chi connectivity index (χ0) is 19.5. The summed E-state index contributed by atoms with van der Waals surface area (Å²) in [7, 11) is 1.27. The Balaban J connectivity index is 1.85. The van der Waals surface area contributed by atoms with Crippen LogP contribution in [0.4, 0.5) is 5.69 Å². The number of nitriles is 1.